The van der Waals surface area contributed by atoms with Gasteiger partial charge in [-0.1, -0.05) is 23.7 Å². The summed E-state index contributed by atoms with van der Waals surface area (Å²) in [5.74, 6) is -0.875. The lowest BCUT2D eigenvalue weighted by molar-refractivity contribution is -0.148. The smallest absolute Gasteiger partial charge is 0.331 e. The van der Waals surface area contributed by atoms with Crippen molar-refractivity contribution in [2.75, 3.05) is 19.5 Å². The topological polar surface area (TPSA) is 73.9 Å². The van der Waals surface area contributed by atoms with Crippen LogP contribution in [-0.4, -0.2) is 32.2 Å². The van der Waals surface area contributed by atoms with E-state index in [9.17, 15) is 14.0 Å². The maximum Gasteiger partial charge on any atom is 0.331 e. The van der Waals surface area contributed by atoms with Crippen LogP contribution in [0.1, 0.15) is 12.5 Å². The molecular formula is C20H19ClFNO5. The van der Waals surface area contributed by atoms with Crippen LogP contribution in [0.3, 0.4) is 0 Å². The van der Waals surface area contributed by atoms with Crippen LogP contribution in [0.15, 0.2) is 42.5 Å². The molecule has 1 amide bonds. The van der Waals surface area contributed by atoms with Gasteiger partial charge >= 0.3 is 5.97 Å². The largest absolute Gasteiger partial charge is 0.493 e. The molecule has 0 heterocycles. The van der Waals surface area contributed by atoms with Crippen LogP contribution in [0.5, 0.6) is 11.5 Å². The van der Waals surface area contributed by atoms with Crippen molar-refractivity contribution in [2.45, 2.75) is 13.0 Å². The molecule has 28 heavy (non-hydrogen) atoms. The second-order valence-corrected chi connectivity index (χ2v) is 6.02. The Labute approximate surface area is 166 Å². The second-order valence-electron chi connectivity index (χ2n) is 5.61. The molecule has 8 heteroatoms. The Morgan fingerprint density at radius 2 is 1.93 bits per heavy atom. The summed E-state index contributed by atoms with van der Waals surface area (Å²) in [6.45, 7) is 1.41. The lowest BCUT2D eigenvalue weighted by atomic mass is 10.1. The maximum absolute atomic E-state index is 13.1. The van der Waals surface area contributed by atoms with Gasteiger partial charge in [-0.15, -0.1) is 0 Å². The molecule has 1 N–H and O–H groups in total. The summed E-state index contributed by atoms with van der Waals surface area (Å²) < 4.78 is 28.6. The molecule has 0 aliphatic rings. The number of hydrogen-bond donors (Lipinski definition) is 1. The summed E-state index contributed by atoms with van der Waals surface area (Å²) >= 11 is 5.86. The number of ether oxygens (including phenoxy) is 3. The Bertz CT molecular complexity index is 900. The molecule has 2 aromatic rings. The molecule has 0 aromatic heterocycles. The molecular weight excluding hydrogens is 389 g/mol. The van der Waals surface area contributed by atoms with Gasteiger partial charge in [0.25, 0.3) is 5.91 Å². The van der Waals surface area contributed by atoms with Crippen molar-refractivity contribution >= 4 is 35.2 Å². The van der Waals surface area contributed by atoms with Gasteiger partial charge in [-0.25, -0.2) is 9.18 Å². The molecule has 6 nitrogen and oxygen atoms in total. The van der Waals surface area contributed by atoms with Gasteiger partial charge in [0, 0.05) is 11.6 Å². The molecule has 148 valence electrons. The molecule has 0 aliphatic heterocycles. The molecule has 2 aromatic carbocycles. The van der Waals surface area contributed by atoms with E-state index in [0.717, 1.165) is 12.1 Å². The normalized spacial score (nSPS) is 11.8. The molecule has 0 radical (unpaired) electrons. The summed E-state index contributed by atoms with van der Waals surface area (Å²) in [6.07, 6.45) is 1.57. The third kappa shape index (κ3) is 5.47. The van der Waals surface area contributed by atoms with Crippen molar-refractivity contribution < 1.29 is 28.2 Å². The zero-order valence-corrected chi connectivity index (χ0v) is 16.2. The number of benzene rings is 2. The van der Waals surface area contributed by atoms with Crippen LogP contribution in [0, 0.1) is 5.82 Å². The minimum atomic E-state index is -1.09. The highest BCUT2D eigenvalue weighted by Gasteiger charge is 2.18. The molecule has 0 spiro atoms. The molecule has 2 rings (SSSR count). The average Bonchev–Trinajstić information content (AvgIpc) is 2.67. The van der Waals surface area contributed by atoms with E-state index in [1.807, 2.05) is 0 Å². The molecule has 0 saturated carbocycles. The number of rotatable bonds is 7. The molecule has 0 aliphatic carbocycles. The fourth-order valence-corrected chi connectivity index (χ4v) is 2.51. The lowest BCUT2D eigenvalue weighted by Crippen LogP contribution is -2.29. The van der Waals surface area contributed by atoms with Crippen LogP contribution < -0.4 is 14.8 Å². The maximum atomic E-state index is 13.1. The summed E-state index contributed by atoms with van der Waals surface area (Å²) in [5.41, 5.74) is 0.821. The molecule has 0 fully saturated rings. The van der Waals surface area contributed by atoms with Gasteiger partial charge in [0.15, 0.2) is 17.6 Å². The van der Waals surface area contributed by atoms with Crippen molar-refractivity contribution in [1.29, 1.82) is 0 Å². The van der Waals surface area contributed by atoms with Crippen molar-refractivity contribution in [1.82, 2.24) is 0 Å². The summed E-state index contributed by atoms with van der Waals surface area (Å²) in [6, 6.07) is 8.74. The Kier molecular flexibility index (Phi) is 7.40. The van der Waals surface area contributed by atoms with E-state index in [1.165, 1.54) is 39.4 Å². The van der Waals surface area contributed by atoms with E-state index in [0.29, 0.717) is 17.1 Å². The van der Waals surface area contributed by atoms with Gasteiger partial charge in [0.1, 0.15) is 5.82 Å². The number of amides is 1. The van der Waals surface area contributed by atoms with Crippen LogP contribution in [0.4, 0.5) is 10.1 Å². The fourth-order valence-electron chi connectivity index (χ4n) is 2.29. The highest BCUT2D eigenvalue weighted by atomic mass is 35.5. The van der Waals surface area contributed by atoms with E-state index in [1.54, 1.807) is 18.2 Å². The number of halogens is 2. The lowest BCUT2D eigenvalue weighted by Gasteiger charge is -2.13. The standard InChI is InChI=1S/C20H19ClFNO5/c1-12(20(25)23-16-9-8-14(22)11-15(16)21)28-18(24)10-7-13-5-4-6-17(26-2)19(13)27-3/h4-12H,1-3H3,(H,23,25)/b10-7+/t12-/m1/s1. The van der Waals surface area contributed by atoms with E-state index in [2.05, 4.69) is 5.32 Å². The number of carbonyl (C=O) groups excluding carboxylic acids is 2. The number of carbonyl (C=O) groups is 2. The number of para-hydroxylation sites is 1. The summed E-state index contributed by atoms with van der Waals surface area (Å²) in [5, 5.41) is 2.51. The van der Waals surface area contributed by atoms with Crippen molar-refractivity contribution in [3.63, 3.8) is 0 Å². The summed E-state index contributed by atoms with van der Waals surface area (Å²) in [7, 11) is 2.99. The first-order valence-corrected chi connectivity index (χ1v) is 8.59. The van der Waals surface area contributed by atoms with E-state index < -0.39 is 23.8 Å². The molecule has 0 bridgehead atoms. The van der Waals surface area contributed by atoms with E-state index >= 15 is 0 Å². The Morgan fingerprint density at radius 3 is 2.57 bits per heavy atom. The predicted molar refractivity (Wildman–Crippen MR) is 104 cm³/mol. The minimum absolute atomic E-state index is 0.0388. The number of anilines is 1. The van der Waals surface area contributed by atoms with Crippen LogP contribution in [0.25, 0.3) is 6.08 Å². The first-order valence-electron chi connectivity index (χ1n) is 8.21. The van der Waals surface area contributed by atoms with Crippen LogP contribution in [0.2, 0.25) is 5.02 Å². The fraction of sp³-hybridized carbons (Fsp3) is 0.200. The third-order valence-corrected chi connectivity index (χ3v) is 4.00. The predicted octanol–water partition coefficient (Wildman–Crippen LogP) is 4.08. The molecule has 0 saturated heterocycles. The number of esters is 1. The zero-order valence-electron chi connectivity index (χ0n) is 15.5. The zero-order chi connectivity index (χ0) is 20.7. The van der Waals surface area contributed by atoms with Crippen LogP contribution >= 0.6 is 11.6 Å². The average molecular weight is 408 g/mol. The van der Waals surface area contributed by atoms with E-state index in [-0.39, 0.29) is 10.7 Å². The van der Waals surface area contributed by atoms with Crippen molar-refractivity contribution in [3.05, 3.63) is 58.9 Å². The highest BCUT2D eigenvalue weighted by molar-refractivity contribution is 6.33. The highest BCUT2D eigenvalue weighted by Crippen LogP contribution is 2.31. The van der Waals surface area contributed by atoms with Gasteiger partial charge < -0.3 is 19.5 Å². The van der Waals surface area contributed by atoms with Crippen LogP contribution in [-0.2, 0) is 14.3 Å². The Morgan fingerprint density at radius 1 is 1.18 bits per heavy atom. The quantitative estimate of drug-likeness (QED) is 0.553. The number of methoxy groups -OCH3 is 2. The molecule has 1 atom stereocenters. The number of hydrogen-bond acceptors (Lipinski definition) is 5. The minimum Gasteiger partial charge on any atom is -0.493 e. The Hall–Kier alpha value is -3.06. The monoisotopic (exact) mass is 407 g/mol. The van der Waals surface area contributed by atoms with Gasteiger partial charge in [0.2, 0.25) is 0 Å². The number of nitrogens with one attached hydrogen (secondary N) is 1. The first kappa shape index (κ1) is 21.2. The molecule has 0 unspecified atom stereocenters. The van der Waals surface area contributed by atoms with Gasteiger partial charge in [-0.3, -0.25) is 4.79 Å². The van der Waals surface area contributed by atoms with Gasteiger partial charge in [0.05, 0.1) is 24.9 Å². The van der Waals surface area contributed by atoms with E-state index in [4.69, 9.17) is 25.8 Å². The SMILES string of the molecule is COc1cccc(/C=C/C(=O)O[C@H](C)C(=O)Nc2ccc(F)cc2Cl)c1OC. The Balaban J connectivity index is 2.00. The van der Waals surface area contributed by atoms with Crippen molar-refractivity contribution in [2.24, 2.45) is 0 Å². The van der Waals surface area contributed by atoms with Gasteiger partial charge in [-0.2, -0.15) is 0 Å². The van der Waals surface area contributed by atoms with Crippen molar-refractivity contribution in [3.8, 4) is 11.5 Å². The third-order valence-electron chi connectivity index (χ3n) is 3.68. The second kappa shape index (κ2) is 9.75. The summed E-state index contributed by atoms with van der Waals surface area (Å²) in [4.78, 5) is 24.2. The first-order chi connectivity index (χ1) is 13.3. The van der Waals surface area contributed by atoms with Gasteiger partial charge in [-0.05, 0) is 37.3 Å².